The Hall–Kier alpha value is -2.58. The van der Waals surface area contributed by atoms with E-state index in [-0.39, 0.29) is 10.8 Å². The van der Waals surface area contributed by atoms with Crippen LogP contribution in [0.1, 0.15) is 67.8 Å². The second-order valence-electron chi connectivity index (χ2n) is 11.2. The van der Waals surface area contributed by atoms with Crippen LogP contribution in [0.4, 0.5) is 11.4 Å². The van der Waals surface area contributed by atoms with E-state index in [0.29, 0.717) is 30.3 Å². The van der Waals surface area contributed by atoms with Crippen molar-refractivity contribution in [3.05, 3.63) is 53.6 Å². The van der Waals surface area contributed by atoms with Crippen LogP contribution in [-0.2, 0) is 16.3 Å². The molecule has 1 amide bonds. The molecule has 4 rings (SSSR count). The zero-order valence-electron chi connectivity index (χ0n) is 23.8. The summed E-state index contributed by atoms with van der Waals surface area (Å²) < 4.78 is 26.0. The van der Waals surface area contributed by atoms with Gasteiger partial charge in [-0.15, -0.1) is 0 Å². The lowest BCUT2D eigenvalue weighted by Gasteiger charge is -2.35. The molecule has 0 aliphatic carbocycles. The van der Waals surface area contributed by atoms with Gasteiger partial charge in [0.05, 0.1) is 16.1 Å². The van der Waals surface area contributed by atoms with E-state index < -0.39 is 9.84 Å². The van der Waals surface area contributed by atoms with Gasteiger partial charge >= 0.3 is 0 Å². The van der Waals surface area contributed by atoms with E-state index in [1.807, 2.05) is 12.1 Å². The summed E-state index contributed by atoms with van der Waals surface area (Å²) in [6, 6.07) is 14.1. The van der Waals surface area contributed by atoms with Gasteiger partial charge in [0, 0.05) is 44.7 Å². The first-order valence-corrected chi connectivity index (χ1v) is 16.7. The van der Waals surface area contributed by atoms with Crippen LogP contribution in [0.15, 0.2) is 47.4 Å². The Morgan fingerprint density at radius 1 is 0.974 bits per heavy atom. The summed E-state index contributed by atoms with van der Waals surface area (Å²) in [4.78, 5) is 18.1. The molecule has 8 heteroatoms. The normalized spacial score (nSPS) is 16.9. The topological polar surface area (TPSA) is 81.8 Å². The summed E-state index contributed by atoms with van der Waals surface area (Å²) in [7, 11) is -3.54. The molecule has 0 aromatic heterocycles. The van der Waals surface area contributed by atoms with Crippen LogP contribution in [0.2, 0.25) is 0 Å². The van der Waals surface area contributed by atoms with Gasteiger partial charge in [-0.3, -0.25) is 4.79 Å². The fraction of sp³-hybridized carbons (Fsp3) is 0.581. The van der Waals surface area contributed by atoms with Gasteiger partial charge in [-0.2, -0.15) is 0 Å². The number of benzene rings is 2. The van der Waals surface area contributed by atoms with Crippen LogP contribution >= 0.6 is 0 Å². The monoisotopic (exact) mass is 554 g/mol. The zero-order valence-corrected chi connectivity index (χ0v) is 24.6. The fourth-order valence-electron chi connectivity index (χ4n) is 5.80. The number of piperidine rings is 1. The first-order chi connectivity index (χ1) is 18.8. The quantitative estimate of drug-likeness (QED) is 0.340. The van der Waals surface area contributed by atoms with E-state index in [1.54, 1.807) is 6.07 Å². The number of carbonyl (C=O) groups is 1. The van der Waals surface area contributed by atoms with Gasteiger partial charge in [-0.25, -0.2) is 8.42 Å². The summed E-state index contributed by atoms with van der Waals surface area (Å²) in [6.07, 6.45) is 9.83. The number of rotatable bonds is 13. The van der Waals surface area contributed by atoms with Gasteiger partial charge in [0.1, 0.15) is 0 Å². The highest BCUT2D eigenvalue weighted by Crippen LogP contribution is 2.35. The van der Waals surface area contributed by atoms with E-state index in [4.69, 9.17) is 0 Å². The first-order valence-electron chi connectivity index (χ1n) is 14.8. The number of nitrogens with one attached hydrogen (secondary N) is 2. The first kappa shape index (κ1) is 29.4. The molecule has 2 aromatic carbocycles. The molecule has 0 radical (unpaired) electrons. The molecule has 0 saturated carbocycles. The van der Waals surface area contributed by atoms with E-state index in [0.717, 1.165) is 76.9 Å². The van der Waals surface area contributed by atoms with Crippen LogP contribution in [0, 0.1) is 5.92 Å². The summed E-state index contributed by atoms with van der Waals surface area (Å²) >= 11 is 0. The smallest absolute Gasteiger partial charge is 0.253 e. The van der Waals surface area contributed by atoms with Crippen LogP contribution in [0.3, 0.4) is 0 Å². The summed E-state index contributed by atoms with van der Waals surface area (Å²) in [5.41, 5.74) is 3.19. The van der Waals surface area contributed by atoms with E-state index in [9.17, 15) is 13.2 Å². The highest BCUT2D eigenvalue weighted by atomic mass is 32.2. The molecule has 2 aliphatic heterocycles. The van der Waals surface area contributed by atoms with Crippen molar-refractivity contribution in [1.29, 1.82) is 0 Å². The molecule has 2 fully saturated rings. The average molecular weight is 555 g/mol. The number of anilines is 2. The molecule has 2 aliphatic rings. The molecule has 2 N–H and O–H groups in total. The van der Waals surface area contributed by atoms with Gasteiger partial charge in [0.2, 0.25) is 0 Å². The van der Waals surface area contributed by atoms with Gasteiger partial charge in [0.25, 0.3) is 5.91 Å². The molecule has 39 heavy (non-hydrogen) atoms. The Morgan fingerprint density at radius 3 is 2.36 bits per heavy atom. The summed E-state index contributed by atoms with van der Waals surface area (Å²) in [6.45, 7) is 8.17. The predicted octanol–water partition coefficient (Wildman–Crippen LogP) is 4.98. The number of sulfone groups is 1. The lowest BCUT2D eigenvalue weighted by Crippen LogP contribution is -2.35. The molecular formula is C31H46N4O3S. The van der Waals surface area contributed by atoms with Crippen LogP contribution < -0.4 is 15.5 Å². The third-order valence-electron chi connectivity index (χ3n) is 8.07. The van der Waals surface area contributed by atoms with Crippen molar-refractivity contribution in [2.24, 2.45) is 5.92 Å². The average Bonchev–Trinajstić information content (AvgIpc) is 3.45. The molecule has 2 aromatic rings. The second-order valence-corrected chi connectivity index (χ2v) is 13.2. The van der Waals surface area contributed by atoms with Gasteiger partial charge in [-0.05, 0) is 75.2 Å². The Morgan fingerprint density at radius 2 is 1.69 bits per heavy atom. The molecule has 0 bridgehead atoms. The lowest BCUT2D eigenvalue weighted by atomic mass is 9.90. The summed E-state index contributed by atoms with van der Waals surface area (Å²) in [5, 5.41) is 6.51. The van der Waals surface area contributed by atoms with E-state index in [1.165, 1.54) is 24.7 Å². The molecular weight excluding hydrogens is 508 g/mol. The largest absolute Gasteiger partial charge is 0.383 e. The van der Waals surface area contributed by atoms with Crippen molar-refractivity contribution in [1.82, 2.24) is 10.2 Å². The Labute approximate surface area is 235 Å². The maximum absolute atomic E-state index is 13.3. The maximum Gasteiger partial charge on any atom is 0.253 e. The van der Waals surface area contributed by atoms with Crippen molar-refractivity contribution in [3.8, 4) is 0 Å². The molecule has 2 saturated heterocycles. The highest BCUT2D eigenvalue weighted by molar-refractivity contribution is 7.90. The van der Waals surface area contributed by atoms with E-state index >= 15 is 0 Å². The standard InChI is InChI=1S/C31H46N4O3S/c1-3-4-8-15-33-31(36)27-23-30(39(2,37)38)29(24-28(27)32-16-21-34-17-9-10-18-34)35-19-13-26(14-20-35)22-25-11-6-5-7-12-25/h5-7,11-12,23-24,26,32H,3-4,8-10,13-22H2,1-2H3,(H,33,36). The lowest BCUT2D eigenvalue weighted by molar-refractivity contribution is 0.0953. The maximum atomic E-state index is 13.3. The SMILES string of the molecule is CCCCCNC(=O)c1cc(S(C)(=O)=O)c(N2CCC(Cc3ccccc3)CC2)cc1NCCN1CCCC1. The molecule has 0 spiro atoms. The zero-order chi connectivity index (χ0) is 27.7. The third-order valence-corrected chi connectivity index (χ3v) is 9.20. The van der Waals surface area contributed by atoms with E-state index in [2.05, 4.69) is 51.6 Å². The molecule has 0 atom stereocenters. The van der Waals surface area contributed by atoms with Gasteiger partial charge < -0.3 is 20.4 Å². The highest BCUT2D eigenvalue weighted by Gasteiger charge is 2.27. The number of hydrogen-bond donors (Lipinski definition) is 2. The molecule has 7 nitrogen and oxygen atoms in total. The van der Waals surface area contributed by atoms with Crippen LogP contribution in [-0.4, -0.2) is 71.3 Å². The second kappa shape index (κ2) is 14.2. The van der Waals surface area contributed by atoms with Gasteiger partial charge in [0.15, 0.2) is 9.84 Å². The molecule has 2 heterocycles. The number of amides is 1. The molecule has 214 valence electrons. The van der Waals surface area contributed by atoms with Crippen molar-refractivity contribution in [2.45, 2.75) is 63.2 Å². The summed E-state index contributed by atoms with van der Waals surface area (Å²) in [5.74, 6) is 0.365. The minimum absolute atomic E-state index is 0.215. The third kappa shape index (κ3) is 8.45. The number of nitrogens with zero attached hydrogens (tertiary/aromatic N) is 2. The van der Waals surface area contributed by atoms with Crippen LogP contribution in [0.25, 0.3) is 0 Å². The van der Waals surface area contributed by atoms with Crippen molar-refractivity contribution >= 4 is 27.1 Å². The van der Waals surface area contributed by atoms with Crippen molar-refractivity contribution in [2.75, 3.05) is 62.3 Å². The van der Waals surface area contributed by atoms with Crippen LogP contribution in [0.5, 0.6) is 0 Å². The Kier molecular flexibility index (Phi) is 10.7. The molecule has 0 unspecified atom stereocenters. The predicted molar refractivity (Wildman–Crippen MR) is 161 cm³/mol. The van der Waals surface area contributed by atoms with Gasteiger partial charge in [-0.1, -0.05) is 50.1 Å². The van der Waals surface area contributed by atoms with Crippen molar-refractivity contribution < 1.29 is 13.2 Å². The number of likely N-dealkylation sites (tertiary alicyclic amines) is 1. The number of hydrogen-bond acceptors (Lipinski definition) is 6. The van der Waals surface area contributed by atoms with Crippen molar-refractivity contribution in [3.63, 3.8) is 0 Å². The Bertz CT molecular complexity index is 1170. The minimum Gasteiger partial charge on any atom is -0.383 e. The number of carbonyl (C=O) groups excluding carboxylic acids is 1. The fourth-order valence-corrected chi connectivity index (χ4v) is 6.70. The number of unbranched alkanes of at least 4 members (excludes halogenated alkanes) is 2. The Balaban J connectivity index is 1.55. The minimum atomic E-state index is -3.54.